The van der Waals surface area contributed by atoms with Crippen LogP contribution in [0, 0.1) is 11.8 Å². The van der Waals surface area contributed by atoms with Gasteiger partial charge in [0, 0.05) is 13.1 Å². The summed E-state index contributed by atoms with van der Waals surface area (Å²) < 4.78 is 38.9. The van der Waals surface area contributed by atoms with Crippen LogP contribution < -0.4 is 0 Å². The predicted octanol–water partition coefficient (Wildman–Crippen LogP) is 3.29. The van der Waals surface area contributed by atoms with Crippen molar-refractivity contribution in [3.05, 3.63) is 35.4 Å². The molecule has 0 saturated carbocycles. The van der Waals surface area contributed by atoms with Crippen molar-refractivity contribution < 1.29 is 27.9 Å². The smallest absolute Gasteiger partial charge is 0.394 e. The Hall–Kier alpha value is -2.05. The van der Waals surface area contributed by atoms with Gasteiger partial charge in [-0.2, -0.15) is 13.2 Å². The number of nitrogens with zero attached hydrogens (tertiary/aromatic N) is 1. The molecule has 1 heterocycles. The molecule has 1 N–H and O–H groups in total. The van der Waals surface area contributed by atoms with E-state index in [1.54, 1.807) is 12.1 Å². The van der Waals surface area contributed by atoms with Crippen molar-refractivity contribution in [2.45, 2.75) is 38.8 Å². The van der Waals surface area contributed by atoms with Crippen LogP contribution in [0.5, 0.6) is 0 Å². The van der Waals surface area contributed by atoms with Gasteiger partial charge in [-0.1, -0.05) is 37.6 Å². The van der Waals surface area contributed by atoms with Gasteiger partial charge in [0.2, 0.25) is 5.91 Å². The summed E-state index contributed by atoms with van der Waals surface area (Å²) in [7, 11) is 0. The van der Waals surface area contributed by atoms with Crippen LogP contribution in [0.3, 0.4) is 0 Å². The Labute approximate surface area is 144 Å². The third-order valence-electron chi connectivity index (χ3n) is 4.61. The summed E-state index contributed by atoms with van der Waals surface area (Å²) in [4.78, 5) is 24.4. The van der Waals surface area contributed by atoms with Gasteiger partial charge in [-0.25, -0.2) is 0 Å². The lowest BCUT2D eigenvalue weighted by Gasteiger charge is -2.18. The van der Waals surface area contributed by atoms with E-state index in [4.69, 9.17) is 5.11 Å². The van der Waals surface area contributed by atoms with Crippen LogP contribution in [0.2, 0.25) is 0 Å². The summed E-state index contributed by atoms with van der Waals surface area (Å²) in [6.45, 7) is 1.11. The van der Waals surface area contributed by atoms with E-state index in [0.29, 0.717) is 5.56 Å². The molecule has 0 unspecified atom stereocenters. The van der Waals surface area contributed by atoms with E-state index >= 15 is 0 Å². The average molecular weight is 357 g/mol. The number of aryl methyl sites for hydroxylation is 1. The molecular weight excluding hydrogens is 335 g/mol. The Morgan fingerprint density at radius 3 is 2.24 bits per heavy atom. The maximum Gasteiger partial charge on any atom is 0.394 e. The fraction of sp³-hybridized carbons (Fsp3) is 0.556. The summed E-state index contributed by atoms with van der Waals surface area (Å²) in [6, 6.07) is 7.44. The van der Waals surface area contributed by atoms with Crippen LogP contribution in [-0.2, 0) is 22.4 Å². The minimum Gasteiger partial charge on any atom is -0.481 e. The molecule has 1 saturated heterocycles. The zero-order valence-electron chi connectivity index (χ0n) is 14.1. The lowest BCUT2D eigenvalue weighted by molar-refractivity contribution is -0.188. The number of carbonyl (C=O) groups is 2. The zero-order valence-corrected chi connectivity index (χ0v) is 14.1. The highest BCUT2D eigenvalue weighted by molar-refractivity contribution is 5.81. The second-order valence-corrected chi connectivity index (χ2v) is 6.49. The molecule has 0 spiro atoms. The van der Waals surface area contributed by atoms with Gasteiger partial charge in [0.15, 0.2) is 0 Å². The van der Waals surface area contributed by atoms with Crippen LogP contribution in [0.4, 0.5) is 13.2 Å². The Morgan fingerprint density at radius 1 is 1.16 bits per heavy atom. The lowest BCUT2D eigenvalue weighted by atomic mass is 9.96. The first kappa shape index (κ1) is 19.3. The van der Waals surface area contributed by atoms with Crippen molar-refractivity contribution in [1.82, 2.24) is 4.90 Å². The molecule has 0 aromatic heterocycles. The number of halogens is 3. The molecule has 1 aliphatic heterocycles. The monoisotopic (exact) mass is 357 g/mol. The van der Waals surface area contributed by atoms with Gasteiger partial charge in [0.25, 0.3) is 0 Å². The molecule has 1 amide bonds. The van der Waals surface area contributed by atoms with E-state index < -0.39 is 43.0 Å². The molecule has 138 valence electrons. The first-order chi connectivity index (χ1) is 11.7. The number of carboxylic acid groups (broad SMARTS) is 1. The maximum atomic E-state index is 13.0. The molecule has 1 aliphatic rings. The largest absolute Gasteiger partial charge is 0.481 e. The van der Waals surface area contributed by atoms with Crippen LogP contribution in [0.1, 0.15) is 30.9 Å². The number of unbranched alkanes of at least 4 members (excludes halogenated alkanes) is 1. The van der Waals surface area contributed by atoms with E-state index in [1.165, 1.54) is 0 Å². The molecule has 0 aliphatic carbocycles. The van der Waals surface area contributed by atoms with Crippen molar-refractivity contribution in [1.29, 1.82) is 0 Å². The molecule has 0 bridgehead atoms. The average Bonchev–Trinajstić information content (AvgIpc) is 3.00. The summed E-state index contributed by atoms with van der Waals surface area (Å²) in [6.07, 6.45) is -1.55. The summed E-state index contributed by atoms with van der Waals surface area (Å²) in [5.41, 5.74) is 1.87. The number of hydrogen-bond donors (Lipinski definition) is 1. The van der Waals surface area contributed by atoms with Gasteiger partial charge in [-0.05, 0) is 24.0 Å². The summed E-state index contributed by atoms with van der Waals surface area (Å²) in [5, 5.41) is 9.00. The van der Waals surface area contributed by atoms with Gasteiger partial charge in [-0.15, -0.1) is 0 Å². The molecule has 4 nitrogen and oxygen atoms in total. The number of amides is 1. The first-order valence-electron chi connectivity index (χ1n) is 8.37. The Morgan fingerprint density at radius 2 is 1.76 bits per heavy atom. The van der Waals surface area contributed by atoms with E-state index in [2.05, 4.69) is 6.92 Å². The van der Waals surface area contributed by atoms with Crippen molar-refractivity contribution in [2.75, 3.05) is 13.1 Å². The second-order valence-electron chi connectivity index (χ2n) is 6.49. The molecule has 0 radical (unpaired) electrons. The third kappa shape index (κ3) is 4.96. The third-order valence-corrected chi connectivity index (χ3v) is 4.61. The van der Waals surface area contributed by atoms with Gasteiger partial charge in [-0.3, -0.25) is 9.59 Å². The quantitative estimate of drug-likeness (QED) is 0.850. The minimum absolute atomic E-state index is 0.0228. The van der Waals surface area contributed by atoms with E-state index in [1.807, 2.05) is 12.1 Å². The number of likely N-dealkylation sites (tertiary alicyclic amines) is 1. The van der Waals surface area contributed by atoms with Crippen molar-refractivity contribution >= 4 is 11.9 Å². The van der Waals surface area contributed by atoms with Crippen LogP contribution >= 0.6 is 0 Å². The fourth-order valence-electron chi connectivity index (χ4n) is 3.08. The molecule has 25 heavy (non-hydrogen) atoms. The topological polar surface area (TPSA) is 57.6 Å². The lowest BCUT2D eigenvalue weighted by Crippen LogP contribution is -2.34. The van der Waals surface area contributed by atoms with Gasteiger partial charge < -0.3 is 10.0 Å². The van der Waals surface area contributed by atoms with E-state index in [9.17, 15) is 22.8 Å². The standard InChI is InChI=1S/C18H22F3NO3/c1-2-3-4-12-5-7-13(8-6-12)9-16(23)22-10-14(17(24)25)15(11-22)18(19,20)21/h5-8,14-15H,2-4,9-11H2,1H3,(H,24,25)/t14-,15-/m1/s1. The molecular formula is C18H22F3NO3. The van der Waals surface area contributed by atoms with Crippen LogP contribution in [0.15, 0.2) is 24.3 Å². The summed E-state index contributed by atoms with van der Waals surface area (Å²) >= 11 is 0. The van der Waals surface area contributed by atoms with Crippen LogP contribution in [-0.4, -0.2) is 41.1 Å². The first-order valence-corrected chi connectivity index (χ1v) is 8.37. The zero-order chi connectivity index (χ0) is 18.6. The molecule has 2 rings (SSSR count). The van der Waals surface area contributed by atoms with Gasteiger partial charge >= 0.3 is 12.1 Å². The van der Waals surface area contributed by atoms with Crippen molar-refractivity contribution in [3.8, 4) is 0 Å². The van der Waals surface area contributed by atoms with Gasteiger partial charge in [0.1, 0.15) is 0 Å². The normalized spacial score (nSPS) is 20.7. The Bertz CT molecular complexity index is 613. The van der Waals surface area contributed by atoms with Crippen molar-refractivity contribution in [2.24, 2.45) is 11.8 Å². The minimum atomic E-state index is -4.63. The SMILES string of the molecule is CCCCc1ccc(CC(=O)N2C[C@@H](C(F)(F)F)[C@H](C(=O)O)C2)cc1. The van der Waals surface area contributed by atoms with Crippen LogP contribution in [0.25, 0.3) is 0 Å². The van der Waals surface area contributed by atoms with E-state index in [0.717, 1.165) is 29.7 Å². The number of benzene rings is 1. The highest BCUT2D eigenvalue weighted by atomic mass is 19.4. The number of carboxylic acids is 1. The van der Waals surface area contributed by atoms with Gasteiger partial charge in [0.05, 0.1) is 18.3 Å². The molecule has 1 aromatic rings. The molecule has 7 heteroatoms. The number of carbonyl (C=O) groups excluding carboxylic acids is 1. The van der Waals surface area contributed by atoms with E-state index in [-0.39, 0.29) is 6.42 Å². The number of aliphatic carboxylic acids is 1. The van der Waals surface area contributed by atoms with Crippen molar-refractivity contribution in [3.63, 3.8) is 0 Å². The predicted molar refractivity (Wildman–Crippen MR) is 86.0 cm³/mol. The maximum absolute atomic E-state index is 13.0. The summed E-state index contributed by atoms with van der Waals surface area (Å²) in [5.74, 6) is -5.59. The molecule has 1 fully saturated rings. The Kier molecular flexibility index (Phi) is 6.08. The second kappa shape index (κ2) is 7.89. The number of alkyl halides is 3. The highest BCUT2D eigenvalue weighted by Gasteiger charge is 2.53. The fourth-order valence-corrected chi connectivity index (χ4v) is 3.08. The molecule has 1 aromatic carbocycles. The highest BCUT2D eigenvalue weighted by Crippen LogP contribution is 2.37. The number of rotatable bonds is 6. The number of hydrogen-bond acceptors (Lipinski definition) is 2. The Balaban J connectivity index is 2.00. The molecule has 2 atom stereocenters.